The van der Waals surface area contributed by atoms with Gasteiger partial charge in [0.2, 0.25) is 0 Å². The van der Waals surface area contributed by atoms with Gasteiger partial charge in [-0.15, -0.1) is 0 Å². The number of aryl methyl sites for hydroxylation is 1. The fourth-order valence-electron chi connectivity index (χ4n) is 2.36. The van der Waals surface area contributed by atoms with E-state index in [1.807, 2.05) is 6.20 Å². The van der Waals surface area contributed by atoms with Gasteiger partial charge in [0.05, 0.1) is 0 Å². The van der Waals surface area contributed by atoms with Crippen LogP contribution in [-0.2, 0) is 0 Å². The van der Waals surface area contributed by atoms with Crippen LogP contribution in [-0.4, -0.2) is 42.6 Å². The van der Waals surface area contributed by atoms with Crippen molar-refractivity contribution < 1.29 is 0 Å². The van der Waals surface area contributed by atoms with Gasteiger partial charge < -0.3 is 4.90 Å². The molecule has 3 nitrogen and oxygen atoms in total. The molecule has 0 N–H and O–H groups in total. The molecule has 0 bridgehead atoms. The van der Waals surface area contributed by atoms with Crippen molar-refractivity contribution >= 4 is 21.7 Å². The SMILES string of the molecule is CCCN1CCN(c2ncc(Br)cc2C)CC1. The van der Waals surface area contributed by atoms with Gasteiger partial charge in [-0.3, -0.25) is 4.90 Å². The van der Waals surface area contributed by atoms with E-state index in [0.717, 1.165) is 36.5 Å². The predicted octanol–water partition coefficient (Wildman–Crippen LogP) is 2.68. The van der Waals surface area contributed by atoms with Gasteiger partial charge in [-0.1, -0.05) is 6.92 Å². The van der Waals surface area contributed by atoms with Gasteiger partial charge in [0.1, 0.15) is 5.82 Å². The summed E-state index contributed by atoms with van der Waals surface area (Å²) in [5.74, 6) is 1.14. The summed E-state index contributed by atoms with van der Waals surface area (Å²) in [7, 11) is 0. The largest absolute Gasteiger partial charge is 0.354 e. The van der Waals surface area contributed by atoms with Crippen LogP contribution in [0.4, 0.5) is 5.82 Å². The Bertz CT molecular complexity index is 373. The zero-order valence-electron chi connectivity index (χ0n) is 10.6. The van der Waals surface area contributed by atoms with Gasteiger partial charge in [-0.2, -0.15) is 0 Å². The molecule has 17 heavy (non-hydrogen) atoms. The summed E-state index contributed by atoms with van der Waals surface area (Å²) in [6.07, 6.45) is 3.14. The first-order chi connectivity index (χ1) is 8.20. The second-order valence-electron chi connectivity index (χ2n) is 4.62. The molecule has 4 heteroatoms. The highest BCUT2D eigenvalue weighted by Crippen LogP contribution is 2.21. The third-order valence-corrected chi connectivity index (χ3v) is 3.66. The van der Waals surface area contributed by atoms with Crippen LogP contribution in [0.15, 0.2) is 16.7 Å². The number of anilines is 1. The molecule has 2 rings (SSSR count). The summed E-state index contributed by atoms with van der Waals surface area (Å²) < 4.78 is 1.06. The first-order valence-corrected chi connectivity index (χ1v) is 7.09. The summed E-state index contributed by atoms with van der Waals surface area (Å²) in [6.45, 7) is 10.1. The monoisotopic (exact) mass is 297 g/mol. The van der Waals surface area contributed by atoms with Crippen LogP contribution < -0.4 is 4.90 Å². The van der Waals surface area contributed by atoms with Crippen LogP contribution in [0.2, 0.25) is 0 Å². The Labute approximate surface area is 112 Å². The van der Waals surface area contributed by atoms with Crippen molar-refractivity contribution in [2.24, 2.45) is 0 Å². The van der Waals surface area contributed by atoms with Gasteiger partial charge in [0.25, 0.3) is 0 Å². The molecular formula is C13H20BrN3. The van der Waals surface area contributed by atoms with Crippen molar-refractivity contribution in [1.82, 2.24) is 9.88 Å². The van der Waals surface area contributed by atoms with Crippen molar-refractivity contribution in [3.63, 3.8) is 0 Å². The smallest absolute Gasteiger partial charge is 0.131 e. The third kappa shape index (κ3) is 3.19. The molecule has 0 aromatic carbocycles. The average Bonchev–Trinajstić information content (AvgIpc) is 2.31. The molecule has 1 aliphatic heterocycles. The summed E-state index contributed by atoms with van der Waals surface area (Å²) in [4.78, 5) is 9.46. The number of halogens is 1. The highest BCUT2D eigenvalue weighted by Gasteiger charge is 2.18. The van der Waals surface area contributed by atoms with Crippen molar-refractivity contribution in [3.05, 3.63) is 22.3 Å². The minimum absolute atomic E-state index is 1.06. The lowest BCUT2D eigenvalue weighted by Crippen LogP contribution is -2.47. The summed E-state index contributed by atoms with van der Waals surface area (Å²) >= 11 is 3.46. The van der Waals surface area contributed by atoms with Crippen LogP contribution in [0.3, 0.4) is 0 Å². The maximum atomic E-state index is 4.53. The van der Waals surface area contributed by atoms with Crippen molar-refractivity contribution in [1.29, 1.82) is 0 Å². The van der Waals surface area contributed by atoms with E-state index in [2.05, 4.69) is 50.6 Å². The van der Waals surface area contributed by atoms with Crippen LogP contribution in [0.5, 0.6) is 0 Å². The van der Waals surface area contributed by atoms with Crippen LogP contribution in [0.1, 0.15) is 18.9 Å². The molecule has 0 unspecified atom stereocenters. The van der Waals surface area contributed by atoms with Crippen molar-refractivity contribution in [3.8, 4) is 0 Å². The van der Waals surface area contributed by atoms with E-state index in [4.69, 9.17) is 0 Å². The lowest BCUT2D eigenvalue weighted by molar-refractivity contribution is 0.258. The van der Waals surface area contributed by atoms with Crippen LogP contribution in [0, 0.1) is 6.92 Å². The van der Waals surface area contributed by atoms with E-state index in [1.165, 1.54) is 18.5 Å². The van der Waals surface area contributed by atoms with Gasteiger partial charge in [0.15, 0.2) is 0 Å². The maximum absolute atomic E-state index is 4.53. The molecule has 94 valence electrons. The van der Waals surface area contributed by atoms with Gasteiger partial charge in [0, 0.05) is 36.8 Å². The molecule has 2 heterocycles. The maximum Gasteiger partial charge on any atom is 0.131 e. The van der Waals surface area contributed by atoms with Crippen molar-refractivity contribution in [2.45, 2.75) is 20.3 Å². The second-order valence-corrected chi connectivity index (χ2v) is 5.54. The number of rotatable bonds is 3. The highest BCUT2D eigenvalue weighted by atomic mass is 79.9. The third-order valence-electron chi connectivity index (χ3n) is 3.23. The molecule has 1 fully saturated rings. The molecule has 0 saturated carbocycles. The number of hydrogen-bond acceptors (Lipinski definition) is 3. The Morgan fingerprint density at radius 3 is 2.59 bits per heavy atom. The van der Waals surface area contributed by atoms with Gasteiger partial charge >= 0.3 is 0 Å². The number of piperazine rings is 1. The number of nitrogens with zero attached hydrogens (tertiary/aromatic N) is 3. The van der Waals surface area contributed by atoms with Gasteiger partial charge in [-0.25, -0.2) is 4.98 Å². The normalized spacial score (nSPS) is 17.5. The minimum atomic E-state index is 1.06. The lowest BCUT2D eigenvalue weighted by atomic mass is 10.2. The van der Waals surface area contributed by atoms with E-state index in [1.54, 1.807) is 0 Å². The topological polar surface area (TPSA) is 19.4 Å². The quantitative estimate of drug-likeness (QED) is 0.855. The Balaban J connectivity index is 2.00. The number of aromatic nitrogens is 1. The van der Waals surface area contributed by atoms with Gasteiger partial charge in [-0.05, 0) is 47.4 Å². The first-order valence-electron chi connectivity index (χ1n) is 6.30. The van der Waals surface area contributed by atoms with Crippen molar-refractivity contribution in [2.75, 3.05) is 37.6 Å². The zero-order chi connectivity index (χ0) is 12.3. The van der Waals surface area contributed by atoms with Crippen LogP contribution >= 0.6 is 15.9 Å². The fraction of sp³-hybridized carbons (Fsp3) is 0.615. The molecule has 0 aliphatic carbocycles. The number of pyridine rings is 1. The standard InChI is InChI=1S/C13H20BrN3/c1-3-4-16-5-7-17(8-6-16)13-11(2)9-12(14)10-15-13/h9-10H,3-8H2,1-2H3. The number of hydrogen-bond donors (Lipinski definition) is 0. The molecular weight excluding hydrogens is 278 g/mol. The summed E-state index contributed by atoms with van der Waals surface area (Å²) in [6, 6.07) is 2.14. The highest BCUT2D eigenvalue weighted by molar-refractivity contribution is 9.10. The Morgan fingerprint density at radius 2 is 2.00 bits per heavy atom. The summed E-state index contributed by atoms with van der Waals surface area (Å²) in [5.41, 5.74) is 1.25. The van der Waals surface area contributed by atoms with E-state index in [-0.39, 0.29) is 0 Å². The first kappa shape index (κ1) is 12.8. The lowest BCUT2D eigenvalue weighted by Gasteiger charge is -2.35. The summed E-state index contributed by atoms with van der Waals surface area (Å²) in [5, 5.41) is 0. The molecule has 0 amide bonds. The van der Waals surface area contributed by atoms with E-state index in [9.17, 15) is 0 Å². The fourth-order valence-corrected chi connectivity index (χ4v) is 2.81. The average molecular weight is 298 g/mol. The zero-order valence-corrected chi connectivity index (χ0v) is 12.2. The Morgan fingerprint density at radius 1 is 1.29 bits per heavy atom. The minimum Gasteiger partial charge on any atom is -0.354 e. The molecule has 0 radical (unpaired) electrons. The van der Waals surface area contributed by atoms with E-state index >= 15 is 0 Å². The Hall–Kier alpha value is -0.610. The Kier molecular flexibility index (Phi) is 4.40. The predicted molar refractivity (Wildman–Crippen MR) is 75.6 cm³/mol. The molecule has 1 saturated heterocycles. The second kappa shape index (κ2) is 5.83. The van der Waals surface area contributed by atoms with Crippen LogP contribution in [0.25, 0.3) is 0 Å². The molecule has 0 atom stereocenters. The van der Waals surface area contributed by atoms with E-state index < -0.39 is 0 Å². The molecule has 0 spiro atoms. The molecule has 1 aliphatic rings. The van der Waals surface area contributed by atoms with E-state index in [0.29, 0.717) is 0 Å². The molecule has 1 aromatic heterocycles. The molecule has 1 aromatic rings.